The molecular weight excluding hydrogens is 264 g/mol. The zero-order valence-electron chi connectivity index (χ0n) is 14.3. The minimum atomic E-state index is 0.372. The molecule has 21 heavy (non-hydrogen) atoms. The van der Waals surface area contributed by atoms with Gasteiger partial charge in [-0.1, -0.05) is 19.9 Å². The Labute approximate surface area is 129 Å². The molecule has 0 aliphatic rings. The van der Waals surface area contributed by atoms with Gasteiger partial charge in [0, 0.05) is 37.8 Å². The van der Waals surface area contributed by atoms with E-state index in [4.69, 9.17) is 9.47 Å². The molecule has 1 aromatic carbocycles. The SMILES string of the molecule is COCC(C)N(C)Cc1cc(CNC(C)C)ccc1OC. The number of hydrogen-bond acceptors (Lipinski definition) is 4. The van der Waals surface area contributed by atoms with Crippen LogP contribution in [0.4, 0.5) is 0 Å². The Kier molecular flexibility index (Phi) is 7.72. The number of methoxy groups -OCH3 is 2. The van der Waals surface area contributed by atoms with E-state index in [1.54, 1.807) is 14.2 Å². The fourth-order valence-electron chi connectivity index (χ4n) is 2.18. The molecule has 120 valence electrons. The van der Waals surface area contributed by atoms with E-state index in [0.717, 1.165) is 25.4 Å². The lowest BCUT2D eigenvalue weighted by atomic mass is 10.1. The van der Waals surface area contributed by atoms with E-state index in [2.05, 4.69) is 56.2 Å². The van der Waals surface area contributed by atoms with E-state index < -0.39 is 0 Å². The molecule has 0 radical (unpaired) electrons. The van der Waals surface area contributed by atoms with E-state index in [1.165, 1.54) is 11.1 Å². The van der Waals surface area contributed by atoms with E-state index in [-0.39, 0.29) is 0 Å². The summed E-state index contributed by atoms with van der Waals surface area (Å²) >= 11 is 0. The Hall–Kier alpha value is -1.10. The average Bonchev–Trinajstić information content (AvgIpc) is 2.45. The summed E-state index contributed by atoms with van der Waals surface area (Å²) in [7, 11) is 5.58. The first-order valence-electron chi connectivity index (χ1n) is 7.56. The summed E-state index contributed by atoms with van der Waals surface area (Å²) in [6, 6.07) is 7.26. The van der Waals surface area contributed by atoms with Gasteiger partial charge in [-0.15, -0.1) is 0 Å². The Morgan fingerprint density at radius 3 is 2.48 bits per heavy atom. The lowest BCUT2D eigenvalue weighted by Gasteiger charge is -2.25. The molecule has 0 spiro atoms. The largest absolute Gasteiger partial charge is 0.496 e. The minimum Gasteiger partial charge on any atom is -0.496 e. The Morgan fingerprint density at radius 1 is 1.19 bits per heavy atom. The molecule has 0 aliphatic heterocycles. The number of benzene rings is 1. The Morgan fingerprint density at radius 2 is 1.90 bits per heavy atom. The summed E-state index contributed by atoms with van der Waals surface area (Å²) in [6.45, 7) is 8.94. The molecular formula is C17H30N2O2. The van der Waals surface area contributed by atoms with Crippen molar-refractivity contribution in [3.63, 3.8) is 0 Å². The van der Waals surface area contributed by atoms with Crippen molar-refractivity contribution in [2.45, 2.75) is 45.9 Å². The van der Waals surface area contributed by atoms with Crippen molar-refractivity contribution in [2.75, 3.05) is 27.9 Å². The number of hydrogen-bond donors (Lipinski definition) is 1. The van der Waals surface area contributed by atoms with Gasteiger partial charge in [-0.05, 0) is 31.7 Å². The van der Waals surface area contributed by atoms with Gasteiger partial charge in [-0.2, -0.15) is 0 Å². The van der Waals surface area contributed by atoms with Gasteiger partial charge >= 0.3 is 0 Å². The molecule has 0 fully saturated rings. The monoisotopic (exact) mass is 294 g/mol. The van der Waals surface area contributed by atoms with Gasteiger partial charge in [-0.3, -0.25) is 4.90 Å². The fraction of sp³-hybridized carbons (Fsp3) is 0.647. The van der Waals surface area contributed by atoms with Crippen LogP contribution in [0.1, 0.15) is 31.9 Å². The predicted molar refractivity (Wildman–Crippen MR) is 87.8 cm³/mol. The molecule has 0 aromatic heterocycles. The lowest BCUT2D eigenvalue weighted by Crippen LogP contribution is -2.32. The highest BCUT2D eigenvalue weighted by atomic mass is 16.5. The number of likely N-dealkylation sites (N-methyl/N-ethyl adjacent to an activating group) is 1. The normalized spacial score (nSPS) is 13.0. The molecule has 4 nitrogen and oxygen atoms in total. The Bertz CT molecular complexity index is 421. The van der Waals surface area contributed by atoms with E-state index in [9.17, 15) is 0 Å². The van der Waals surface area contributed by atoms with Gasteiger partial charge in [-0.25, -0.2) is 0 Å². The van der Waals surface area contributed by atoms with Gasteiger partial charge < -0.3 is 14.8 Å². The van der Waals surface area contributed by atoms with Crippen LogP contribution >= 0.6 is 0 Å². The lowest BCUT2D eigenvalue weighted by molar-refractivity contribution is 0.111. The van der Waals surface area contributed by atoms with Gasteiger partial charge in [0.1, 0.15) is 5.75 Å². The van der Waals surface area contributed by atoms with Crippen molar-refractivity contribution in [1.82, 2.24) is 10.2 Å². The maximum absolute atomic E-state index is 5.49. The van der Waals surface area contributed by atoms with E-state index in [1.807, 2.05) is 0 Å². The van der Waals surface area contributed by atoms with Crippen LogP contribution < -0.4 is 10.1 Å². The highest BCUT2D eigenvalue weighted by Crippen LogP contribution is 2.22. The smallest absolute Gasteiger partial charge is 0.123 e. The maximum Gasteiger partial charge on any atom is 0.123 e. The van der Waals surface area contributed by atoms with Gasteiger partial charge in [0.25, 0.3) is 0 Å². The van der Waals surface area contributed by atoms with Crippen LogP contribution in [0.15, 0.2) is 18.2 Å². The summed E-state index contributed by atoms with van der Waals surface area (Å²) in [5, 5.41) is 3.45. The molecule has 4 heteroatoms. The summed E-state index contributed by atoms with van der Waals surface area (Å²) in [5.74, 6) is 0.944. The molecule has 0 amide bonds. The highest BCUT2D eigenvalue weighted by Gasteiger charge is 2.12. The van der Waals surface area contributed by atoms with Crippen LogP contribution in [-0.2, 0) is 17.8 Å². The van der Waals surface area contributed by atoms with Crippen LogP contribution in [0.2, 0.25) is 0 Å². The number of nitrogens with zero attached hydrogens (tertiary/aromatic N) is 1. The van der Waals surface area contributed by atoms with E-state index in [0.29, 0.717) is 12.1 Å². The molecule has 0 bridgehead atoms. The third-order valence-electron chi connectivity index (χ3n) is 3.64. The number of ether oxygens (including phenoxy) is 2. The molecule has 1 atom stereocenters. The molecule has 1 N–H and O–H groups in total. The fourth-order valence-corrected chi connectivity index (χ4v) is 2.18. The van der Waals surface area contributed by atoms with Gasteiger partial charge in [0.2, 0.25) is 0 Å². The van der Waals surface area contributed by atoms with Crippen molar-refractivity contribution < 1.29 is 9.47 Å². The third-order valence-corrected chi connectivity index (χ3v) is 3.64. The molecule has 0 saturated heterocycles. The molecule has 0 saturated carbocycles. The third kappa shape index (κ3) is 6.04. The second-order valence-electron chi connectivity index (χ2n) is 5.90. The van der Waals surface area contributed by atoms with Crippen LogP contribution in [0.25, 0.3) is 0 Å². The van der Waals surface area contributed by atoms with Crippen LogP contribution in [0.3, 0.4) is 0 Å². The molecule has 0 heterocycles. The van der Waals surface area contributed by atoms with Crippen LogP contribution in [-0.4, -0.2) is 44.9 Å². The average molecular weight is 294 g/mol. The summed E-state index contributed by atoms with van der Waals surface area (Å²) in [5.41, 5.74) is 2.50. The first-order valence-corrected chi connectivity index (χ1v) is 7.56. The van der Waals surface area contributed by atoms with Crippen molar-refractivity contribution in [3.05, 3.63) is 29.3 Å². The summed E-state index contributed by atoms with van der Waals surface area (Å²) < 4.78 is 10.7. The first kappa shape index (κ1) is 18.0. The molecule has 0 aliphatic carbocycles. The van der Waals surface area contributed by atoms with Crippen LogP contribution in [0.5, 0.6) is 5.75 Å². The quantitative estimate of drug-likeness (QED) is 0.759. The van der Waals surface area contributed by atoms with E-state index >= 15 is 0 Å². The van der Waals surface area contributed by atoms with Crippen LogP contribution in [0, 0.1) is 0 Å². The number of nitrogens with one attached hydrogen (secondary N) is 1. The number of rotatable bonds is 9. The zero-order valence-corrected chi connectivity index (χ0v) is 14.3. The second-order valence-corrected chi connectivity index (χ2v) is 5.90. The standard InChI is InChI=1S/C17H30N2O2/c1-13(2)18-10-15-7-8-17(21-6)16(9-15)11-19(4)14(3)12-20-5/h7-9,13-14,18H,10-12H2,1-6H3. The predicted octanol–water partition coefficient (Wildman–Crippen LogP) is 2.66. The van der Waals surface area contributed by atoms with Crippen molar-refractivity contribution in [1.29, 1.82) is 0 Å². The summed E-state index contributed by atoms with van der Waals surface area (Å²) in [4.78, 5) is 2.28. The van der Waals surface area contributed by atoms with Gasteiger partial charge in [0.05, 0.1) is 13.7 Å². The second kappa shape index (κ2) is 9.03. The minimum absolute atomic E-state index is 0.372. The maximum atomic E-state index is 5.49. The summed E-state index contributed by atoms with van der Waals surface area (Å²) in [6.07, 6.45) is 0. The molecule has 1 aromatic rings. The highest BCUT2D eigenvalue weighted by molar-refractivity contribution is 5.37. The topological polar surface area (TPSA) is 33.7 Å². The first-order chi connectivity index (χ1) is 9.97. The van der Waals surface area contributed by atoms with Crippen molar-refractivity contribution in [2.24, 2.45) is 0 Å². The molecule has 1 rings (SSSR count). The molecule has 1 unspecified atom stereocenters. The van der Waals surface area contributed by atoms with Crippen molar-refractivity contribution in [3.8, 4) is 5.75 Å². The zero-order chi connectivity index (χ0) is 15.8. The van der Waals surface area contributed by atoms with Gasteiger partial charge in [0.15, 0.2) is 0 Å². The Balaban J connectivity index is 2.79. The van der Waals surface area contributed by atoms with Crippen molar-refractivity contribution >= 4 is 0 Å².